The molecule has 0 aliphatic rings. The Kier molecular flexibility index (Phi) is 4.73. The number of rotatable bonds is 4. The van der Waals surface area contributed by atoms with Gasteiger partial charge in [0.05, 0.1) is 0 Å². The molecule has 0 amide bonds. The number of benzene rings is 2. The van der Waals surface area contributed by atoms with Crippen LogP contribution in [-0.2, 0) is 6.54 Å². The Morgan fingerprint density at radius 3 is 2.21 bits per heavy atom. The number of nitrogens with one attached hydrogen (secondary N) is 1. The molecule has 0 atom stereocenters. The van der Waals surface area contributed by atoms with Gasteiger partial charge >= 0.3 is 0 Å². The third-order valence-electron chi connectivity index (χ3n) is 3.10. The lowest BCUT2D eigenvalue weighted by Gasteiger charge is -2.15. The minimum absolute atomic E-state index is 0.477. The van der Waals surface area contributed by atoms with E-state index in [-0.39, 0.29) is 0 Å². The third kappa shape index (κ3) is 3.43. The molecule has 0 aromatic heterocycles. The Bertz CT molecular complexity index is 544. The fourth-order valence-corrected chi connectivity index (χ4v) is 2.58. The first-order chi connectivity index (χ1) is 9.09. The van der Waals surface area contributed by atoms with Crippen molar-refractivity contribution in [3.8, 4) is 0 Å². The van der Waals surface area contributed by atoms with Crippen molar-refractivity contribution in [1.82, 2.24) is 0 Å². The van der Waals surface area contributed by atoms with Gasteiger partial charge in [0.15, 0.2) is 0 Å². The highest BCUT2D eigenvalue weighted by Gasteiger charge is 2.08. The molecule has 100 valence electrons. The van der Waals surface area contributed by atoms with E-state index in [1.54, 1.807) is 0 Å². The van der Waals surface area contributed by atoms with Crippen LogP contribution >= 0.6 is 23.2 Å². The Morgan fingerprint density at radius 2 is 1.58 bits per heavy atom. The monoisotopic (exact) mass is 293 g/mol. The number of anilines is 1. The Labute approximate surface area is 124 Å². The largest absolute Gasteiger partial charge is 0.381 e. The molecule has 1 nitrogen and oxygen atoms in total. The van der Waals surface area contributed by atoms with Crippen LogP contribution in [0.4, 0.5) is 5.69 Å². The second-order valence-corrected chi connectivity index (χ2v) is 5.61. The quantitative estimate of drug-likeness (QED) is 0.759. The van der Waals surface area contributed by atoms with E-state index in [1.807, 2.05) is 24.3 Å². The highest BCUT2D eigenvalue weighted by molar-refractivity contribution is 6.36. The minimum Gasteiger partial charge on any atom is -0.381 e. The Balaban J connectivity index is 2.19. The van der Waals surface area contributed by atoms with Gasteiger partial charge in [-0.1, -0.05) is 61.3 Å². The van der Waals surface area contributed by atoms with E-state index >= 15 is 0 Å². The summed E-state index contributed by atoms with van der Waals surface area (Å²) in [5.41, 5.74) is 3.36. The molecule has 3 heteroatoms. The molecular weight excluding hydrogens is 277 g/mol. The first kappa shape index (κ1) is 14.2. The van der Waals surface area contributed by atoms with E-state index in [2.05, 4.69) is 37.4 Å². The molecular formula is C16H17Cl2N. The van der Waals surface area contributed by atoms with Crippen molar-refractivity contribution in [2.75, 3.05) is 5.32 Å². The van der Waals surface area contributed by atoms with Gasteiger partial charge in [-0.3, -0.25) is 0 Å². The molecule has 19 heavy (non-hydrogen) atoms. The predicted molar refractivity (Wildman–Crippen MR) is 84.3 cm³/mol. The van der Waals surface area contributed by atoms with Crippen molar-refractivity contribution < 1.29 is 0 Å². The molecule has 0 radical (unpaired) electrons. The van der Waals surface area contributed by atoms with Crippen LogP contribution in [0.3, 0.4) is 0 Å². The standard InChI is InChI=1S/C16H17Cl2N/c1-11(2)12-6-3-4-9-16(12)19-10-13-14(17)7-5-8-15(13)18/h3-9,11,19H,10H2,1-2H3. The van der Waals surface area contributed by atoms with Gasteiger partial charge in [-0.05, 0) is 29.7 Å². The first-order valence-electron chi connectivity index (χ1n) is 6.35. The highest BCUT2D eigenvalue weighted by Crippen LogP contribution is 2.28. The SMILES string of the molecule is CC(C)c1ccccc1NCc1c(Cl)cccc1Cl. The molecule has 0 bridgehead atoms. The van der Waals surface area contributed by atoms with Gasteiger partial charge in [0.25, 0.3) is 0 Å². The van der Waals surface area contributed by atoms with E-state index in [1.165, 1.54) is 5.56 Å². The highest BCUT2D eigenvalue weighted by atomic mass is 35.5. The fraction of sp³-hybridized carbons (Fsp3) is 0.250. The summed E-state index contributed by atoms with van der Waals surface area (Å²) in [6.45, 7) is 4.99. The van der Waals surface area contributed by atoms with Crippen LogP contribution in [-0.4, -0.2) is 0 Å². The van der Waals surface area contributed by atoms with E-state index in [4.69, 9.17) is 23.2 Å². The lowest BCUT2D eigenvalue weighted by atomic mass is 10.0. The fourth-order valence-electron chi connectivity index (χ4n) is 2.05. The van der Waals surface area contributed by atoms with Crippen LogP contribution in [0.1, 0.15) is 30.9 Å². The zero-order valence-electron chi connectivity index (χ0n) is 11.1. The van der Waals surface area contributed by atoms with E-state index < -0.39 is 0 Å². The maximum atomic E-state index is 6.17. The van der Waals surface area contributed by atoms with Gasteiger partial charge in [-0.25, -0.2) is 0 Å². The van der Waals surface area contributed by atoms with Crippen LogP contribution < -0.4 is 5.32 Å². The van der Waals surface area contributed by atoms with Gasteiger partial charge in [0.2, 0.25) is 0 Å². The average molecular weight is 294 g/mol. The lowest BCUT2D eigenvalue weighted by Crippen LogP contribution is -2.04. The zero-order chi connectivity index (χ0) is 13.8. The number of para-hydroxylation sites is 1. The molecule has 2 rings (SSSR count). The summed E-state index contributed by atoms with van der Waals surface area (Å²) in [5.74, 6) is 0.477. The van der Waals surface area contributed by atoms with Crippen molar-refractivity contribution in [3.63, 3.8) is 0 Å². The molecule has 2 aromatic rings. The number of hydrogen-bond acceptors (Lipinski definition) is 1. The first-order valence-corrected chi connectivity index (χ1v) is 7.11. The van der Waals surface area contributed by atoms with Crippen LogP contribution in [0, 0.1) is 0 Å². The number of hydrogen-bond donors (Lipinski definition) is 1. The van der Waals surface area contributed by atoms with Gasteiger partial charge in [0.1, 0.15) is 0 Å². The predicted octanol–water partition coefficient (Wildman–Crippen LogP) is 5.73. The maximum Gasteiger partial charge on any atom is 0.0470 e. The van der Waals surface area contributed by atoms with Crippen molar-refractivity contribution in [2.24, 2.45) is 0 Å². The molecule has 0 unspecified atom stereocenters. The summed E-state index contributed by atoms with van der Waals surface area (Å²) in [5, 5.41) is 4.82. The summed E-state index contributed by atoms with van der Waals surface area (Å²) in [6.07, 6.45) is 0. The van der Waals surface area contributed by atoms with E-state index in [0.29, 0.717) is 22.5 Å². The van der Waals surface area contributed by atoms with Crippen LogP contribution in [0.15, 0.2) is 42.5 Å². The minimum atomic E-state index is 0.477. The second-order valence-electron chi connectivity index (χ2n) is 4.80. The van der Waals surface area contributed by atoms with Crippen LogP contribution in [0.5, 0.6) is 0 Å². The summed E-state index contributed by atoms with van der Waals surface area (Å²) in [4.78, 5) is 0. The summed E-state index contributed by atoms with van der Waals surface area (Å²) >= 11 is 12.3. The van der Waals surface area contributed by atoms with Crippen molar-refractivity contribution in [2.45, 2.75) is 26.3 Å². The number of halogens is 2. The molecule has 0 fully saturated rings. The molecule has 0 spiro atoms. The third-order valence-corrected chi connectivity index (χ3v) is 3.81. The normalized spacial score (nSPS) is 10.8. The lowest BCUT2D eigenvalue weighted by molar-refractivity contribution is 0.865. The molecule has 1 N–H and O–H groups in total. The molecule has 0 saturated carbocycles. The van der Waals surface area contributed by atoms with Crippen molar-refractivity contribution in [3.05, 3.63) is 63.6 Å². The maximum absolute atomic E-state index is 6.17. The molecule has 0 saturated heterocycles. The summed E-state index contributed by atoms with van der Waals surface area (Å²) in [7, 11) is 0. The second kappa shape index (κ2) is 6.31. The van der Waals surface area contributed by atoms with Crippen molar-refractivity contribution >= 4 is 28.9 Å². The van der Waals surface area contributed by atoms with E-state index in [0.717, 1.165) is 11.3 Å². The van der Waals surface area contributed by atoms with Crippen LogP contribution in [0.2, 0.25) is 10.0 Å². The van der Waals surface area contributed by atoms with Gasteiger partial charge in [0, 0.05) is 27.8 Å². The van der Waals surface area contributed by atoms with E-state index in [9.17, 15) is 0 Å². The Morgan fingerprint density at radius 1 is 0.947 bits per heavy atom. The summed E-state index contributed by atoms with van der Waals surface area (Å²) in [6, 6.07) is 13.9. The van der Waals surface area contributed by atoms with Gasteiger partial charge in [-0.2, -0.15) is 0 Å². The van der Waals surface area contributed by atoms with Gasteiger partial charge in [-0.15, -0.1) is 0 Å². The summed E-state index contributed by atoms with van der Waals surface area (Å²) < 4.78 is 0. The zero-order valence-corrected chi connectivity index (χ0v) is 12.6. The van der Waals surface area contributed by atoms with Crippen molar-refractivity contribution in [1.29, 1.82) is 0 Å². The topological polar surface area (TPSA) is 12.0 Å². The Hall–Kier alpha value is -1.18. The average Bonchev–Trinajstić information content (AvgIpc) is 2.38. The van der Waals surface area contributed by atoms with Crippen LogP contribution in [0.25, 0.3) is 0 Å². The van der Waals surface area contributed by atoms with Gasteiger partial charge < -0.3 is 5.32 Å². The molecule has 2 aromatic carbocycles. The molecule has 0 heterocycles. The smallest absolute Gasteiger partial charge is 0.0470 e. The molecule has 0 aliphatic heterocycles. The molecule has 0 aliphatic carbocycles.